The molecule has 0 saturated heterocycles. The van der Waals surface area contributed by atoms with Crippen LogP contribution in [-0.2, 0) is 6.42 Å². The molecule has 4 aromatic rings. The average Bonchev–Trinajstić information content (AvgIpc) is 3.19. The van der Waals surface area contributed by atoms with E-state index in [1.165, 1.54) is 11.3 Å². The number of nitrogens with one attached hydrogen (secondary N) is 1. The van der Waals surface area contributed by atoms with E-state index in [1.54, 1.807) is 24.8 Å². The lowest BCUT2D eigenvalue weighted by molar-refractivity contribution is 0.288. The second kappa shape index (κ2) is 8.46. The van der Waals surface area contributed by atoms with Crippen LogP contribution in [0.15, 0.2) is 59.2 Å². The number of pyridine rings is 3. The third-order valence-corrected chi connectivity index (χ3v) is 5.66. The maximum absolute atomic E-state index is 13.0. The number of aryl methyl sites for hydroxylation is 2. The second-order valence-corrected chi connectivity index (χ2v) is 7.55. The molecule has 146 valence electrons. The summed E-state index contributed by atoms with van der Waals surface area (Å²) in [6, 6.07) is 7.65. The molecular formula is C22H20N4O2S. The minimum absolute atomic E-state index is 0.109. The Morgan fingerprint density at radius 1 is 1.07 bits per heavy atom. The van der Waals surface area contributed by atoms with E-state index in [9.17, 15) is 9.90 Å². The van der Waals surface area contributed by atoms with E-state index < -0.39 is 0 Å². The molecule has 4 heterocycles. The molecule has 0 saturated carbocycles. The summed E-state index contributed by atoms with van der Waals surface area (Å²) in [6.45, 7) is 2.02. The highest BCUT2D eigenvalue weighted by Gasteiger charge is 2.17. The van der Waals surface area contributed by atoms with Gasteiger partial charge in [0.05, 0.1) is 11.3 Å². The Hall–Kier alpha value is -3.16. The van der Waals surface area contributed by atoms with Gasteiger partial charge in [-0.05, 0) is 55.2 Å². The van der Waals surface area contributed by atoms with Crippen molar-refractivity contribution >= 4 is 11.3 Å². The van der Waals surface area contributed by atoms with Gasteiger partial charge in [0, 0.05) is 53.6 Å². The number of aromatic amines is 1. The van der Waals surface area contributed by atoms with E-state index in [-0.39, 0.29) is 12.2 Å². The zero-order chi connectivity index (χ0) is 20.2. The van der Waals surface area contributed by atoms with E-state index in [1.807, 2.05) is 36.6 Å². The molecule has 0 amide bonds. The monoisotopic (exact) mass is 404 g/mol. The standard InChI is InChI=1S/C22H20N4O2S/c1-14-13-29-22(25-14)18-11-17(16-4-7-23-8-5-16)20(26-21(18)28)19-12-24-9-6-15(19)3-2-10-27/h4-9,11-13,27H,2-3,10H2,1H3,(H,26,28). The van der Waals surface area contributed by atoms with Crippen LogP contribution in [0.2, 0.25) is 0 Å². The smallest absolute Gasteiger partial charge is 0.258 e. The molecule has 0 unspecified atom stereocenters. The highest BCUT2D eigenvalue weighted by Crippen LogP contribution is 2.34. The molecular weight excluding hydrogens is 384 g/mol. The fourth-order valence-corrected chi connectivity index (χ4v) is 4.08. The van der Waals surface area contributed by atoms with Crippen molar-refractivity contribution in [2.45, 2.75) is 19.8 Å². The molecule has 4 rings (SSSR count). The Labute approximate surface area is 172 Å². The SMILES string of the molecule is Cc1csc(-c2cc(-c3ccncc3)c(-c3cnccc3CCCO)[nH]c2=O)n1. The fourth-order valence-electron chi connectivity index (χ4n) is 3.27. The third kappa shape index (κ3) is 4.01. The maximum Gasteiger partial charge on any atom is 0.258 e. The fraction of sp³-hybridized carbons (Fsp3) is 0.182. The first-order valence-corrected chi connectivity index (χ1v) is 10.2. The molecule has 0 bridgehead atoms. The van der Waals surface area contributed by atoms with Crippen molar-refractivity contribution in [2.24, 2.45) is 0 Å². The van der Waals surface area contributed by atoms with Gasteiger partial charge >= 0.3 is 0 Å². The lowest BCUT2D eigenvalue weighted by Gasteiger charge is -2.14. The van der Waals surface area contributed by atoms with Crippen LogP contribution in [0.1, 0.15) is 17.7 Å². The van der Waals surface area contributed by atoms with Gasteiger partial charge < -0.3 is 10.1 Å². The van der Waals surface area contributed by atoms with E-state index >= 15 is 0 Å². The van der Waals surface area contributed by atoms with Crippen molar-refractivity contribution in [1.29, 1.82) is 0 Å². The number of aromatic nitrogens is 4. The zero-order valence-electron chi connectivity index (χ0n) is 15.9. The van der Waals surface area contributed by atoms with Gasteiger partial charge in [-0.3, -0.25) is 14.8 Å². The lowest BCUT2D eigenvalue weighted by Crippen LogP contribution is -2.12. The number of nitrogens with zero attached hydrogens (tertiary/aromatic N) is 3. The Morgan fingerprint density at radius 2 is 1.86 bits per heavy atom. The summed E-state index contributed by atoms with van der Waals surface area (Å²) in [7, 11) is 0. The summed E-state index contributed by atoms with van der Waals surface area (Å²) >= 11 is 1.45. The molecule has 4 aromatic heterocycles. The average molecular weight is 404 g/mol. The van der Waals surface area contributed by atoms with Gasteiger partial charge in [0.1, 0.15) is 5.01 Å². The number of thiazole rings is 1. The zero-order valence-corrected chi connectivity index (χ0v) is 16.7. The van der Waals surface area contributed by atoms with Crippen molar-refractivity contribution in [3.8, 4) is 33.0 Å². The van der Waals surface area contributed by atoms with Gasteiger partial charge in [-0.2, -0.15) is 0 Å². The largest absolute Gasteiger partial charge is 0.396 e. The highest BCUT2D eigenvalue weighted by molar-refractivity contribution is 7.13. The Bertz CT molecular complexity index is 1180. The van der Waals surface area contributed by atoms with Crippen LogP contribution in [0, 0.1) is 6.92 Å². The van der Waals surface area contributed by atoms with Crippen molar-refractivity contribution in [1.82, 2.24) is 19.9 Å². The number of aliphatic hydroxyl groups excluding tert-OH is 1. The quantitative estimate of drug-likeness (QED) is 0.509. The van der Waals surface area contributed by atoms with Crippen LogP contribution in [0.5, 0.6) is 0 Å². The second-order valence-electron chi connectivity index (χ2n) is 6.69. The summed E-state index contributed by atoms with van der Waals surface area (Å²) in [5.74, 6) is 0. The van der Waals surface area contributed by atoms with Gasteiger partial charge in [-0.15, -0.1) is 11.3 Å². The topological polar surface area (TPSA) is 91.8 Å². The first-order valence-electron chi connectivity index (χ1n) is 9.31. The predicted molar refractivity (Wildman–Crippen MR) is 115 cm³/mol. The molecule has 0 atom stereocenters. The molecule has 0 aliphatic rings. The molecule has 0 radical (unpaired) electrons. The number of hydrogen-bond acceptors (Lipinski definition) is 6. The van der Waals surface area contributed by atoms with Crippen molar-refractivity contribution in [3.05, 3.63) is 76.0 Å². The van der Waals surface area contributed by atoms with Crippen molar-refractivity contribution in [2.75, 3.05) is 6.61 Å². The van der Waals surface area contributed by atoms with Crippen LogP contribution in [-0.4, -0.2) is 31.6 Å². The predicted octanol–water partition coefficient (Wildman–Crippen LogP) is 3.86. The lowest BCUT2D eigenvalue weighted by atomic mass is 9.95. The van der Waals surface area contributed by atoms with Gasteiger partial charge in [0.25, 0.3) is 5.56 Å². The van der Waals surface area contributed by atoms with Gasteiger partial charge in [0.2, 0.25) is 0 Å². The van der Waals surface area contributed by atoms with E-state index in [2.05, 4.69) is 19.9 Å². The molecule has 0 spiro atoms. The van der Waals surface area contributed by atoms with E-state index in [0.29, 0.717) is 29.1 Å². The van der Waals surface area contributed by atoms with Crippen molar-refractivity contribution in [3.63, 3.8) is 0 Å². The Balaban J connectivity index is 1.95. The molecule has 2 N–H and O–H groups in total. The molecule has 7 heteroatoms. The number of aliphatic hydroxyl groups is 1. The number of hydrogen-bond donors (Lipinski definition) is 2. The first kappa shape index (κ1) is 19.2. The van der Waals surface area contributed by atoms with E-state index in [4.69, 9.17) is 0 Å². The first-order chi connectivity index (χ1) is 14.2. The summed E-state index contributed by atoms with van der Waals surface area (Å²) in [4.78, 5) is 28.9. The van der Waals surface area contributed by atoms with Crippen LogP contribution in [0.3, 0.4) is 0 Å². The van der Waals surface area contributed by atoms with Crippen LogP contribution in [0.4, 0.5) is 0 Å². The molecule has 29 heavy (non-hydrogen) atoms. The number of H-pyrrole nitrogens is 1. The van der Waals surface area contributed by atoms with Crippen LogP contribution < -0.4 is 5.56 Å². The number of rotatable bonds is 6. The molecule has 6 nitrogen and oxygen atoms in total. The Morgan fingerprint density at radius 3 is 2.59 bits per heavy atom. The van der Waals surface area contributed by atoms with Gasteiger partial charge in [-0.1, -0.05) is 0 Å². The minimum Gasteiger partial charge on any atom is -0.396 e. The third-order valence-electron chi connectivity index (χ3n) is 4.67. The van der Waals surface area contributed by atoms with Crippen molar-refractivity contribution < 1.29 is 5.11 Å². The van der Waals surface area contributed by atoms with Crippen LogP contribution >= 0.6 is 11.3 Å². The summed E-state index contributed by atoms with van der Waals surface area (Å²) < 4.78 is 0. The van der Waals surface area contributed by atoms with Crippen LogP contribution in [0.25, 0.3) is 33.0 Å². The Kier molecular flexibility index (Phi) is 5.59. The van der Waals surface area contributed by atoms with Gasteiger partial charge in [-0.25, -0.2) is 4.98 Å². The summed E-state index contributed by atoms with van der Waals surface area (Å²) in [6.07, 6.45) is 8.28. The molecule has 0 fully saturated rings. The molecule has 0 aromatic carbocycles. The minimum atomic E-state index is -0.191. The summed E-state index contributed by atoms with van der Waals surface area (Å²) in [5, 5.41) is 11.9. The highest BCUT2D eigenvalue weighted by atomic mass is 32.1. The molecule has 0 aliphatic heterocycles. The van der Waals surface area contributed by atoms with Gasteiger partial charge in [0.15, 0.2) is 0 Å². The van der Waals surface area contributed by atoms with E-state index in [0.717, 1.165) is 27.9 Å². The summed E-state index contributed by atoms with van der Waals surface area (Å²) in [5.41, 5.74) is 5.65. The maximum atomic E-state index is 13.0. The normalized spacial score (nSPS) is 11.0. The molecule has 0 aliphatic carbocycles.